The van der Waals surface area contributed by atoms with Crippen LogP contribution in [0.4, 0.5) is 5.13 Å². The molecule has 0 amide bonds. The summed E-state index contributed by atoms with van der Waals surface area (Å²) >= 11 is 1.67. The summed E-state index contributed by atoms with van der Waals surface area (Å²) in [5, 5.41) is 1.04. The van der Waals surface area contributed by atoms with E-state index in [1.165, 1.54) is 5.69 Å². The van der Waals surface area contributed by atoms with Gasteiger partial charge in [-0.25, -0.2) is 9.97 Å². The van der Waals surface area contributed by atoms with E-state index in [9.17, 15) is 4.79 Å². The zero-order valence-electron chi connectivity index (χ0n) is 15.3. The normalized spacial score (nSPS) is 15.2. The molecule has 1 saturated heterocycles. The molecule has 5 nitrogen and oxygen atoms in total. The van der Waals surface area contributed by atoms with E-state index in [-0.39, 0.29) is 5.78 Å². The number of nitrogens with zero attached hydrogens (tertiary/aromatic N) is 3. The highest BCUT2D eigenvalue weighted by molar-refractivity contribution is 7.22. The molecule has 6 heteroatoms. The van der Waals surface area contributed by atoms with Crippen molar-refractivity contribution in [3.63, 3.8) is 0 Å². The number of anilines is 1. The Kier molecular flexibility index (Phi) is 4.41. The number of aromatic amines is 1. The number of thiazole rings is 1. The molecule has 0 saturated carbocycles. The average Bonchev–Trinajstić information content (AvgIpc) is 3.43. The van der Waals surface area contributed by atoms with Gasteiger partial charge in [0, 0.05) is 42.0 Å². The number of aromatic nitrogens is 3. The summed E-state index contributed by atoms with van der Waals surface area (Å²) in [6, 6.07) is 15.2. The van der Waals surface area contributed by atoms with Gasteiger partial charge in [-0.15, -0.1) is 0 Å². The summed E-state index contributed by atoms with van der Waals surface area (Å²) in [4.78, 5) is 27.3. The molecule has 0 spiro atoms. The number of hydrogen-bond acceptors (Lipinski definition) is 5. The van der Waals surface area contributed by atoms with E-state index < -0.39 is 0 Å². The van der Waals surface area contributed by atoms with E-state index in [4.69, 9.17) is 4.98 Å². The lowest BCUT2D eigenvalue weighted by atomic mass is 9.94. The van der Waals surface area contributed by atoms with Crippen molar-refractivity contribution in [3.05, 3.63) is 77.9 Å². The second-order valence-electron chi connectivity index (χ2n) is 7.14. The maximum atomic E-state index is 12.7. The van der Waals surface area contributed by atoms with Crippen LogP contribution in [-0.2, 0) is 0 Å². The fourth-order valence-corrected chi connectivity index (χ4v) is 4.87. The first-order valence-corrected chi connectivity index (χ1v) is 10.3. The first kappa shape index (κ1) is 17.1. The molecule has 140 valence electrons. The fourth-order valence-electron chi connectivity index (χ4n) is 3.82. The molecule has 0 aliphatic carbocycles. The van der Waals surface area contributed by atoms with Crippen LogP contribution < -0.4 is 4.90 Å². The number of ketones is 1. The van der Waals surface area contributed by atoms with E-state index in [1.54, 1.807) is 17.7 Å². The van der Waals surface area contributed by atoms with Crippen molar-refractivity contribution in [3.8, 4) is 0 Å². The predicted octanol–water partition coefficient (Wildman–Crippen LogP) is 4.63. The van der Waals surface area contributed by atoms with Crippen molar-refractivity contribution in [2.24, 2.45) is 0 Å². The van der Waals surface area contributed by atoms with Gasteiger partial charge in [0.25, 0.3) is 0 Å². The van der Waals surface area contributed by atoms with Crippen molar-refractivity contribution >= 4 is 32.5 Å². The third-order valence-corrected chi connectivity index (χ3v) is 6.48. The molecule has 1 aliphatic rings. The number of carbonyl (C=O) groups is 1. The van der Waals surface area contributed by atoms with Gasteiger partial charge in [0.1, 0.15) is 0 Å². The van der Waals surface area contributed by atoms with Gasteiger partial charge >= 0.3 is 0 Å². The van der Waals surface area contributed by atoms with Crippen LogP contribution >= 0.6 is 11.3 Å². The molecule has 0 unspecified atom stereocenters. The Bertz CT molecular complexity index is 1100. The third-order valence-electron chi connectivity index (χ3n) is 5.40. The Morgan fingerprint density at radius 1 is 1.07 bits per heavy atom. The molecule has 28 heavy (non-hydrogen) atoms. The van der Waals surface area contributed by atoms with Gasteiger partial charge in [-0.3, -0.25) is 4.79 Å². The maximum absolute atomic E-state index is 12.7. The summed E-state index contributed by atoms with van der Waals surface area (Å²) in [6.45, 7) is 1.97. The molecule has 1 fully saturated rings. The molecule has 1 N–H and O–H groups in total. The minimum absolute atomic E-state index is 0.0535. The third kappa shape index (κ3) is 3.20. The molecule has 1 aliphatic heterocycles. The second kappa shape index (κ2) is 7.20. The van der Waals surface area contributed by atoms with Crippen LogP contribution in [0, 0.1) is 0 Å². The van der Waals surface area contributed by atoms with E-state index in [1.807, 2.05) is 54.7 Å². The summed E-state index contributed by atoms with van der Waals surface area (Å²) in [5.41, 5.74) is 3.62. The highest BCUT2D eigenvalue weighted by Gasteiger charge is 2.23. The Balaban J connectivity index is 1.35. The zero-order valence-corrected chi connectivity index (χ0v) is 16.2. The van der Waals surface area contributed by atoms with Crippen LogP contribution in [0.2, 0.25) is 0 Å². The minimum atomic E-state index is 0.0535. The number of nitrogens with one attached hydrogen (secondary N) is 1. The van der Waals surface area contributed by atoms with Gasteiger partial charge in [0.2, 0.25) is 0 Å². The number of rotatable bonds is 4. The quantitative estimate of drug-likeness (QED) is 0.518. The Morgan fingerprint density at radius 3 is 2.64 bits per heavy atom. The Hall–Kier alpha value is -2.99. The summed E-state index contributed by atoms with van der Waals surface area (Å²) in [7, 11) is 0. The highest BCUT2D eigenvalue weighted by atomic mass is 32.1. The number of imidazole rings is 1. The van der Waals surface area contributed by atoms with Crippen LogP contribution in [-0.4, -0.2) is 33.8 Å². The topological polar surface area (TPSA) is 61.9 Å². The van der Waals surface area contributed by atoms with E-state index in [0.29, 0.717) is 17.0 Å². The Morgan fingerprint density at radius 2 is 1.89 bits per heavy atom. The van der Waals surface area contributed by atoms with Gasteiger partial charge in [0.15, 0.2) is 10.9 Å². The van der Waals surface area contributed by atoms with Crippen molar-refractivity contribution in [2.45, 2.75) is 18.8 Å². The first-order valence-electron chi connectivity index (χ1n) is 9.51. The number of piperidine rings is 1. The number of H-pyrrole nitrogens is 1. The molecular weight excluding hydrogens is 368 g/mol. The average molecular weight is 388 g/mol. The van der Waals surface area contributed by atoms with E-state index in [2.05, 4.69) is 14.9 Å². The summed E-state index contributed by atoms with van der Waals surface area (Å²) < 4.78 is 1.06. The fraction of sp³-hybridized carbons (Fsp3) is 0.227. The second-order valence-corrected chi connectivity index (χ2v) is 8.15. The lowest BCUT2D eigenvalue weighted by molar-refractivity contribution is 0.103. The highest BCUT2D eigenvalue weighted by Crippen LogP contribution is 2.34. The number of hydrogen-bond donors (Lipinski definition) is 1. The number of fused-ring (bicyclic) bond motifs is 1. The van der Waals surface area contributed by atoms with Gasteiger partial charge in [0.05, 0.1) is 16.5 Å². The number of benzene rings is 2. The van der Waals surface area contributed by atoms with E-state index >= 15 is 0 Å². The van der Waals surface area contributed by atoms with Crippen LogP contribution in [0.1, 0.15) is 40.4 Å². The first-order chi connectivity index (χ1) is 13.8. The van der Waals surface area contributed by atoms with Gasteiger partial charge in [-0.05, 0) is 31.0 Å². The van der Waals surface area contributed by atoms with Crippen LogP contribution in [0.3, 0.4) is 0 Å². The monoisotopic (exact) mass is 388 g/mol. The van der Waals surface area contributed by atoms with Crippen molar-refractivity contribution < 1.29 is 4.79 Å². The predicted molar refractivity (Wildman–Crippen MR) is 112 cm³/mol. The molecule has 4 aromatic rings. The molecule has 0 atom stereocenters. The summed E-state index contributed by atoms with van der Waals surface area (Å²) in [5.74, 6) is 0.598. The zero-order chi connectivity index (χ0) is 18.9. The molecule has 5 rings (SSSR count). The van der Waals surface area contributed by atoms with Gasteiger partial charge in [-0.2, -0.15) is 0 Å². The van der Waals surface area contributed by atoms with Gasteiger partial charge < -0.3 is 9.88 Å². The number of carbonyl (C=O) groups excluding carboxylic acids is 1. The molecular formula is C22H20N4OS. The largest absolute Gasteiger partial charge is 0.348 e. The molecule has 0 bridgehead atoms. The minimum Gasteiger partial charge on any atom is -0.348 e. The van der Waals surface area contributed by atoms with Crippen LogP contribution in [0.25, 0.3) is 10.2 Å². The molecule has 2 aromatic carbocycles. The lowest BCUT2D eigenvalue weighted by Crippen LogP contribution is -2.32. The van der Waals surface area contributed by atoms with E-state index in [0.717, 1.165) is 41.3 Å². The molecule has 2 aromatic heterocycles. The molecule has 3 heterocycles. The van der Waals surface area contributed by atoms with Crippen molar-refractivity contribution in [1.82, 2.24) is 15.0 Å². The maximum Gasteiger partial charge on any atom is 0.193 e. The van der Waals surface area contributed by atoms with Gasteiger partial charge in [-0.1, -0.05) is 41.7 Å². The molecule has 0 radical (unpaired) electrons. The lowest BCUT2D eigenvalue weighted by Gasteiger charge is -2.31. The smallest absolute Gasteiger partial charge is 0.193 e. The van der Waals surface area contributed by atoms with Crippen molar-refractivity contribution in [1.29, 1.82) is 0 Å². The van der Waals surface area contributed by atoms with Crippen molar-refractivity contribution in [2.75, 3.05) is 18.0 Å². The van der Waals surface area contributed by atoms with Crippen LogP contribution in [0.5, 0.6) is 0 Å². The Labute approximate surface area is 167 Å². The summed E-state index contributed by atoms with van der Waals surface area (Å²) in [6.07, 6.45) is 5.87. The van der Waals surface area contributed by atoms with Crippen LogP contribution in [0.15, 0.2) is 61.1 Å². The SMILES string of the molecule is O=C(c1ccccc1)c1ccc2nc(N3CCC(c4cnc[nH]4)CC3)sc2c1. The standard InChI is InChI=1S/C22H20N4OS/c27-21(16-4-2-1-3-5-16)17-6-7-18-20(12-17)28-22(25-18)26-10-8-15(9-11-26)19-13-23-14-24-19/h1-7,12-15H,8-11H2,(H,23,24).